The van der Waals surface area contributed by atoms with E-state index >= 15 is 0 Å². The molecule has 4 aromatic heterocycles. The van der Waals surface area contributed by atoms with E-state index in [0.29, 0.717) is 41.1 Å². The second kappa shape index (κ2) is 35.2. The van der Waals surface area contributed by atoms with Gasteiger partial charge in [-0.1, -0.05) is 37.3 Å². The van der Waals surface area contributed by atoms with E-state index in [4.69, 9.17) is 106 Å². The van der Waals surface area contributed by atoms with Gasteiger partial charge in [0.1, 0.15) is 68.2 Å². The van der Waals surface area contributed by atoms with Gasteiger partial charge in [0, 0.05) is 26.3 Å². The predicted molar refractivity (Wildman–Crippen MR) is 380 cm³/mol. The Kier molecular flexibility index (Phi) is 28.7. The molecule has 103 heavy (non-hydrogen) atoms. The van der Waals surface area contributed by atoms with Gasteiger partial charge in [0.2, 0.25) is 21.8 Å². The third-order valence-corrected chi connectivity index (χ3v) is 21.4. The van der Waals surface area contributed by atoms with Crippen LogP contribution >= 0.6 is 49.1 Å². The number of hydrogen-bond donors (Lipinski definition) is 0. The van der Waals surface area contributed by atoms with Crippen LogP contribution in [-0.2, 0) is 94.5 Å². The zero-order valence-electron chi connectivity index (χ0n) is 62.2. The van der Waals surface area contributed by atoms with Crippen molar-refractivity contribution in [3.05, 3.63) is 23.0 Å². The molecule has 2 unspecified atom stereocenters. The van der Waals surface area contributed by atoms with Crippen LogP contribution in [0.25, 0.3) is 22.1 Å². The fraction of sp³-hybridized carbons (Fsp3) is 0.788. The van der Waals surface area contributed by atoms with Gasteiger partial charge >= 0.3 is 24.1 Å². The molecule has 2 saturated carbocycles. The minimum Gasteiger partial charge on any atom is -0.464 e. The number of aromatic nitrogens is 8. The summed E-state index contributed by atoms with van der Waals surface area (Å²) >= 11 is 18.2. The molecular weight excluding hydrogens is 1450 g/mol. The van der Waals surface area contributed by atoms with E-state index < -0.39 is 121 Å². The van der Waals surface area contributed by atoms with Crippen LogP contribution in [0.15, 0.2) is 12.4 Å². The fourth-order valence-corrected chi connectivity index (χ4v) is 15.6. The summed E-state index contributed by atoms with van der Waals surface area (Å²) in [4.78, 5) is 74.4. The molecule has 6 fully saturated rings. The Morgan fingerprint density at radius 3 is 1.43 bits per heavy atom. The molecule has 2 aliphatic carbocycles. The molecule has 4 saturated heterocycles. The molecule has 0 aromatic carbocycles. The highest BCUT2D eigenvalue weighted by Gasteiger charge is 2.60. The van der Waals surface area contributed by atoms with Gasteiger partial charge in [-0.25, -0.2) is 28.5 Å². The maximum Gasteiger partial charge on any atom is 0.416 e. The minimum atomic E-state index is -3.38. The smallest absolute Gasteiger partial charge is 0.416 e. The molecule has 6 aliphatic rings. The third-order valence-electron chi connectivity index (χ3n) is 17.2. The first kappa shape index (κ1) is 84.1. The van der Waals surface area contributed by atoms with Gasteiger partial charge in [0.25, 0.3) is 0 Å². The Balaban J connectivity index is 0.000000240. The van der Waals surface area contributed by atoms with Gasteiger partial charge in [0.05, 0.1) is 82.6 Å². The second-order valence-corrected chi connectivity index (χ2v) is 36.9. The highest BCUT2D eigenvalue weighted by Crippen LogP contribution is 2.55. The van der Waals surface area contributed by atoms with Crippen LogP contribution in [-0.4, -0.2) is 253 Å². The average molecular weight is 1560 g/mol. The number of carbonyl (C=O) groups is 4. The third kappa shape index (κ3) is 20.8. The number of alkyl halides is 1. The lowest BCUT2D eigenvalue weighted by Gasteiger charge is -2.35. The molecule has 0 radical (unpaired) electrons. The number of ether oxygens (including phenoxy) is 16. The first-order chi connectivity index (χ1) is 48.3. The SMILES string of the molecule is CCOC(=O)C(COCCOC)(OC[C@H]1O[C@@H](n2ncc3c(N(C(=O)OC(C)(C)C)C4CCCC4)nc(Cl)nc32)[C@@H]2OC(C)(C)O[C@@H]21)P(C)(C)=O.CCOC(=O)C(OC[C@H]1O[C@@H](n2ncc3c(N(C(=O)OC(C)(C)C)C4CCCC4)nc(Cl)nc32)[C@@H]2OC(C)(C)O[C@@H]21)P(C)(C)=O.COCCOCCl. The summed E-state index contributed by atoms with van der Waals surface area (Å²) in [6, 6.07) is -0.0213. The van der Waals surface area contributed by atoms with Crippen LogP contribution in [0.3, 0.4) is 0 Å². The maximum atomic E-state index is 13.8. The Bertz CT molecular complexity index is 3630. The van der Waals surface area contributed by atoms with Crippen molar-refractivity contribution in [3.63, 3.8) is 0 Å². The zero-order chi connectivity index (χ0) is 75.8. The minimum absolute atomic E-state index is 0.0464. The Labute approximate surface area is 616 Å². The summed E-state index contributed by atoms with van der Waals surface area (Å²) in [5, 5.41) is 8.09. The standard InChI is InChI=1S/C33H51ClN5O11P.C29H43ClN5O9P.C4H9ClO2/c1-10-45-28(40)33(51(8,9)42,19-44-16-15-43-7)46-18-22-23-24(49-32(5,6)48-23)27(47-22)39-26-21(17-35-39)25(36-29(34)37-26)38(20-13-11-12-14-20)30(41)50-31(2,3)4;1-9-39-24(36)25(45(7,8)38)40-15-18-19-20(43-29(5,6)42-19)23(41-18)35-22-17(14-31-35)21(32-26(30)33-22)34(16-12-10-11-13-16)27(37)44-28(2,3)4;1-6-2-3-7-4-5/h17,20,22-24,27H,10-16,18-19H2,1-9H3;14,16,18-20,23,25H,9-13,15H2,1-8H3;2-4H2,1H3/t22-,23-,24-,27-,33?;18-,19-,20-,23-,25?;/m11./s1. The fourth-order valence-electron chi connectivity index (χ4n) is 12.9. The van der Waals surface area contributed by atoms with Crippen molar-refractivity contribution < 1.29 is 104 Å². The van der Waals surface area contributed by atoms with Gasteiger partial charge < -0.3 is 84.9 Å². The van der Waals surface area contributed by atoms with E-state index in [9.17, 15) is 28.3 Å². The van der Waals surface area contributed by atoms with Crippen LogP contribution in [0, 0.1) is 0 Å². The Morgan fingerprint density at radius 2 is 1.04 bits per heavy atom. The van der Waals surface area contributed by atoms with Crippen LogP contribution in [0.5, 0.6) is 0 Å². The highest BCUT2D eigenvalue weighted by molar-refractivity contribution is 7.65. The molecule has 32 nitrogen and oxygen atoms in total. The maximum absolute atomic E-state index is 13.8. The molecule has 10 atom stereocenters. The molecular formula is C66H103Cl3N10O22P2. The number of hydrogen-bond acceptors (Lipinski definition) is 28. The number of halogens is 3. The monoisotopic (exact) mass is 1550 g/mol. The van der Waals surface area contributed by atoms with Gasteiger partial charge in [0.15, 0.2) is 47.0 Å². The predicted octanol–water partition coefficient (Wildman–Crippen LogP) is 11.1. The number of rotatable bonds is 27. The lowest BCUT2D eigenvalue weighted by atomic mass is 10.1. The average Bonchev–Trinajstić information content (AvgIpc) is 1.59. The molecule has 2 amide bonds. The van der Waals surface area contributed by atoms with Crippen molar-refractivity contribution in [1.82, 2.24) is 39.5 Å². The first-order valence-electron chi connectivity index (χ1n) is 34.6. The van der Waals surface area contributed by atoms with Crippen molar-refractivity contribution in [2.45, 2.75) is 230 Å². The van der Waals surface area contributed by atoms with Crippen molar-refractivity contribution in [2.24, 2.45) is 0 Å². The van der Waals surface area contributed by atoms with Crippen molar-refractivity contribution >= 4 is 107 Å². The normalized spacial score (nSPS) is 24.2. The summed E-state index contributed by atoms with van der Waals surface area (Å²) < 4.78 is 122. The van der Waals surface area contributed by atoms with Gasteiger partial charge in [-0.05, 0) is 159 Å². The van der Waals surface area contributed by atoms with E-state index in [1.807, 2.05) is 41.5 Å². The summed E-state index contributed by atoms with van der Waals surface area (Å²) in [6.07, 6.45) is 3.10. The van der Waals surface area contributed by atoms with E-state index in [2.05, 4.69) is 34.9 Å². The molecule has 8 heterocycles. The molecule has 4 aliphatic heterocycles. The largest absolute Gasteiger partial charge is 0.464 e. The quantitative estimate of drug-likeness (QED) is 0.0134. The number of methoxy groups -OCH3 is 2. The van der Waals surface area contributed by atoms with E-state index in [1.54, 1.807) is 70.8 Å². The van der Waals surface area contributed by atoms with Crippen LogP contribution < -0.4 is 9.80 Å². The van der Waals surface area contributed by atoms with E-state index in [0.717, 1.165) is 51.4 Å². The molecule has 0 N–H and O–H groups in total. The van der Waals surface area contributed by atoms with Crippen LogP contribution in [0.2, 0.25) is 10.6 Å². The Hall–Kier alpha value is -4.57. The first-order valence-corrected chi connectivity index (χ1v) is 41.1. The van der Waals surface area contributed by atoms with Crippen LogP contribution in [0.4, 0.5) is 21.2 Å². The Morgan fingerprint density at radius 1 is 0.621 bits per heavy atom. The van der Waals surface area contributed by atoms with E-state index in [1.165, 1.54) is 43.1 Å². The molecule has 4 aromatic rings. The summed E-state index contributed by atoms with van der Waals surface area (Å²) in [6.45, 7) is 28.2. The summed E-state index contributed by atoms with van der Waals surface area (Å²) in [7, 11) is -3.27. The van der Waals surface area contributed by atoms with Crippen molar-refractivity contribution in [1.29, 1.82) is 0 Å². The molecule has 0 bridgehead atoms. The summed E-state index contributed by atoms with van der Waals surface area (Å²) in [5.74, 6) is -4.16. The lowest BCUT2D eigenvalue weighted by Crippen LogP contribution is -2.49. The van der Waals surface area contributed by atoms with Gasteiger partial charge in [-0.3, -0.25) is 9.80 Å². The van der Waals surface area contributed by atoms with E-state index in [-0.39, 0.29) is 80.8 Å². The van der Waals surface area contributed by atoms with Crippen molar-refractivity contribution in [2.75, 3.05) is 116 Å². The number of amides is 2. The number of fused-ring (bicyclic) bond motifs is 4. The zero-order valence-corrected chi connectivity index (χ0v) is 66.3. The number of carbonyl (C=O) groups excluding carboxylic acids is 4. The lowest BCUT2D eigenvalue weighted by molar-refractivity contribution is -0.209. The van der Waals surface area contributed by atoms with Gasteiger partial charge in [-0.15, -0.1) is 0 Å². The molecule has 580 valence electrons. The highest BCUT2D eigenvalue weighted by atomic mass is 35.5. The molecule has 10 rings (SSSR count). The number of nitrogens with zero attached hydrogens (tertiary/aromatic N) is 10. The topological polar surface area (TPSA) is 344 Å². The van der Waals surface area contributed by atoms with Crippen molar-refractivity contribution in [3.8, 4) is 0 Å². The number of esters is 2. The second-order valence-electron chi connectivity index (χ2n) is 29.2. The molecule has 0 spiro atoms. The molecule has 37 heteroatoms. The van der Waals surface area contributed by atoms with Gasteiger partial charge in [-0.2, -0.15) is 30.1 Å². The summed E-state index contributed by atoms with van der Waals surface area (Å²) in [5.41, 5.74) is -0.838. The number of anilines is 2. The van der Waals surface area contributed by atoms with Crippen LogP contribution in [0.1, 0.15) is 147 Å².